The summed E-state index contributed by atoms with van der Waals surface area (Å²) in [5.74, 6) is -5.00. The van der Waals surface area contributed by atoms with Crippen LogP contribution in [0.15, 0.2) is 39.7 Å². The largest absolute Gasteiger partial charge is 0.463 e. The first-order valence-corrected chi connectivity index (χ1v) is 12.0. The molecule has 1 aromatic heterocycles. The Morgan fingerprint density at radius 3 is 2.73 bits per heavy atom. The van der Waals surface area contributed by atoms with Gasteiger partial charge in [-0.05, 0) is 24.6 Å². The molecule has 178 valence electrons. The van der Waals surface area contributed by atoms with Gasteiger partial charge >= 0.3 is 6.09 Å². The molecule has 33 heavy (non-hydrogen) atoms. The van der Waals surface area contributed by atoms with Crippen LogP contribution in [0.4, 0.5) is 29.5 Å². The summed E-state index contributed by atoms with van der Waals surface area (Å²) in [5, 5.41) is 10.8. The summed E-state index contributed by atoms with van der Waals surface area (Å²) < 4.78 is 58.1. The molecule has 1 atom stereocenters. The number of amides is 2. The number of hydrogen-bond donors (Lipinski definition) is 2. The number of rotatable bonds is 4. The normalized spacial score (nSPS) is 17.5. The summed E-state index contributed by atoms with van der Waals surface area (Å²) in [6, 6.07) is 5.44. The van der Waals surface area contributed by atoms with Crippen molar-refractivity contribution in [1.29, 1.82) is 0 Å². The molecular weight excluding hydrogens is 485 g/mol. The molecule has 1 saturated heterocycles. The van der Waals surface area contributed by atoms with Crippen molar-refractivity contribution in [3.63, 3.8) is 0 Å². The molecule has 1 aromatic carbocycles. The Bertz CT molecular complexity index is 1220. The fourth-order valence-electron chi connectivity index (χ4n) is 3.38. The Kier molecular flexibility index (Phi) is 7.17. The van der Waals surface area contributed by atoms with Crippen LogP contribution in [0.1, 0.15) is 29.6 Å². The smallest absolute Gasteiger partial charge is 0.439 e. The van der Waals surface area contributed by atoms with Crippen molar-refractivity contribution in [2.45, 2.75) is 30.1 Å². The van der Waals surface area contributed by atoms with E-state index in [1.54, 1.807) is 0 Å². The number of carboxylic acid groups (broad SMARTS) is 1. The second-order valence-corrected chi connectivity index (χ2v) is 10.1. The summed E-state index contributed by atoms with van der Waals surface area (Å²) in [7, 11) is -3.30. The maximum absolute atomic E-state index is 14.9. The zero-order chi connectivity index (χ0) is 24.4. The molecule has 0 aliphatic carbocycles. The van der Waals surface area contributed by atoms with E-state index in [1.165, 1.54) is 29.2 Å². The van der Waals surface area contributed by atoms with Gasteiger partial charge in [-0.25, -0.2) is 27.2 Å². The minimum atomic E-state index is -3.30. The lowest BCUT2D eigenvalue weighted by molar-refractivity contribution is -0.0102. The maximum atomic E-state index is 14.9. The predicted molar refractivity (Wildman–Crippen MR) is 117 cm³/mol. The van der Waals surface area contributed by atoms with Gasteiger partial charge in [0, 0.05) is 42.8 Å². The van der Waals surface area contributed by atoms with Crippen molar-refractivity contribution in [3.05, 3.63) is 46.9 Å². The van der Waals surface area contributed by atoms with Gasteiger partial charge in [-0.3, -0.25) is 4.79 Å². The number of halogens is 4. The van der Waals surface area contributed by atoms with Gasteiger partial charge in [-0.1, -0.05) is 17.7 Å². The highest BCUT2D eigenvalue weighted by Gasteiger charge is 2.34. The number of anilines is 2. The molecule has 0 saturated carbocycles. The third kappa shape index (κ3) is 5.93. The molecule has 0 radical (unpaired) electrons. The summed E-state index contributed by atoms with van der Waals surface area (Å²) in [6.45, 7) is 0.0133. The van der Waals surface area contributed by atoms with Crippen LogP contribution in [0.25, 0.3) is 0 Å². The molecule has 0 spiro atoms. The standard InChI is InChI=1S/C20H20ClF3N4O4S/c1-33(32,27-19(30)31)13-5-2-4-12(10-13)26-18(29)15-16(22)14(21)11-25-17(15)28-8-3-6-20(23,24)7-9-28/h2,4-5,10-11H,3,6-9H2,1H3,(H,26,29)(H,30,31). The van der Waals surface area contributed by atoms with Crippen LogP contribution in [-0.4, -0.2) is 51.6 Å². The Labute approximate surface area is 192 Å². The fourth-order valence-corrected chi connectivity index (χ4v) is 4.60. The molecule has 1 fully saturated rings. The lowest BCUT2D eigenvalue weighted by Crippen LogP contribution is -2.30. The summed E-state index contributed by atoms with van der Waals surface area (Å²) >= 11 is 5.82. The van der Waals surface area contributed by atoms with E-state index in [-0.39, 0.29) is 42.3 Å². The Morgan fingerprint density at radius 2 is 2.03 bits per heavy atom. The Morgan fingerprint density at radius 1 is 1.30 bits per heavy atom. The van der Waals surface area contributed by atoms with E-state index in [0.717, 1.165) is 12.5 Å². The van der Waals surface area contributed by atoms with Gasteiger partial charge in [0.1, 0.15) is 11.4 Å². The fraction of sp³-hybridized carbons (Fsp3) is 0.350. The molecule has 1 unspecified atom stereocenters. The van der Waals surface area contributed by atoms with E-state index in [0.29, 0.717) is 0 Å². The summed E-state index contributed by atoms with van der Waals surface area (Å²) in [5.41, 5.74) is -0.439. The molecule has 2 aromatic rings. The van der Waals surface area contributed by atoms with Gasteiger partial charge in [0.25, 0.3) is 5.91 Å². The van der Waals surface area contributed by atoms with E-state index < -0.39 is 50.5 Å². The van der Waals surface area contributed by atoms with Gasteiger partial charge < -0.3 is 15.3 Å². The first kappa shape index (κ1) is 24.8. The number of carbonyl (C=O) groups is 2. The number of hydrogen-bond acceptors (Lipinski definition) is 5. The maximum Gasteiger partial charge on any atom is 0.439 e. The third-order valence-electron chi connectivity index (χ3n) is 4.98. The summed E-state index contributed by atoms with van der Waals surface area (Å²) in [6.07, 6.45) is -0.162. The average Bonchev–Trinajstić information content (AvgIpc) is 2.89. The molecule has 2 amide bonds. The van der Waals surface area contributed by atoms with E-state index in [1.807, 2.05) is 0 Å². The first-order valence-electron chi connectivity index (χ1n) is 9.73. The van der Waals surface area contributed by atoms with Crippen LogP contribution < -0.4 is 10.2 Å². The van der Waals surface area contributed by atoms with Crippen molar-refractivity contribution >= 4 is 44.8 Å². The Balaban J connectivity index is 1.95. The zero-order valence-electron chi connectivity index (χ0n) is 17.4. The second kappa shape index (κ2) is 9.56. The molecule has 13 heteroatoms. The first-order chi connectivity index (χ1) is 15.4. The molecule has 3 rings (SSSR count). The van der Waals surface area contributed by atoms with Gasteiger partial charge in [-0.15, -0.1) is 4.36 Å². The van der Waals surface area contributed by atoms with Crippen molar-refractivity contribution in [2.75, 3.05) is 29.6 Å². The minimum absolute atomic E-state index is 0.0300. The van der Waals surface area contributed by atoms with E-state index >= 15 is 0 Å². The van der Waals surface area contributed by atoms with Crippen LogP contribution in [0.2, 0.25) is 5.02 Å². The van der Waals surface area contributed by atoms with Crippen LogP contribution in [0.5, 0.6) is 0 Å². The average molecular weight is 505 g/mol. The monoisotopic (exact) mass is 504 g/mol. The Hall–Kier alpha value is -2.86. The SMILES string of the molecule is CS(=O)(=NC(=O)O)c1cccc(NC(=O)c2c(N3CCCC(F)(F)CC3)ncc(Cl)c2F)c1. The van der Waals surface area contributed by atoms with Gasteiger partial charge in [0.2, 0.25) is 5.92 Å². The van der Waals surface area contributed by atoms with Gasteiger partial charge in [0.05, 0.1) is 20.9 Å². The number of pyridine rings is 1. The van der Waals surface area contributed by atoms with Gasteiger partial charge in [-0.2, -0.15) is 0 Å². The number of alkyl halides is 2. The zero-order valence-corrected chi connectivity index (χ0v) is 18.9. The highest BCUT2D eigenvalue weighted by Crippen LogP contribution is 2.33. The predicted octanol–water partition coefficient (Wildman–Crippen LogP) is 4.89. The van der Waals surface area contributed by atoms with E-state index in [2.05, 4.69) is 14.7 Å². The van der Waals surface area contributed by atoms with Crippen molar-refractivity contribution in [2.24, 2.45) is 4.36 Å². The van der Waals surface area contributed by atoms with E-state index in [9.17, 15) is 27.0 Å². The quantitative estimate of drug-likeness (QED) is 0.613. The second-order valence-electron chi connectivity index (χ2n) is 7.47. The minimum Gasteiger partial charge on any atom is -0.463 e. The van der Waals surface area contributed by atoms with Crippen LogP contribution in [0.3, 0.4) is 0 Å². The lowest BCUT2D eigenvalue weighted by atomic mass is 10.1. The molecule has 0 bridgehead atoms. The lowest BCUT2D eigenvalue weighted by Gasteiger charge is -2.24. The van der Waals surface area contributed by atoms with Crippen LogP contribution >= 0.6 is 11.6 Å². The molecule has 1 aliphatic rings. The molecule has 2 N–H and O–H groups in total. The number of benzene rings is 1. The number of carbonyl (C=O) groups excluding carboxylic acids is 1. The highest BCUT2D eigenvalue weighted by atomic mass is 35.5. The number of nitrogens with one attached hydrogen (secondary N) is 1. The highest BCUT2D eigenvalue weighted by molar-refractivity contribution is 7.93. The topological polar surface area (TPSA) is 112 Å². The number of aromatic nitrogens is 1. The number of nitrogens with zero attached hydrogens (tertiary/aromatic N) is 3. The van der Waals surface area contributed by atoms with Crippen molar-refractivity contribution < 1.29 is 32.1 Å². The molecule has 1 aliphatic heterocycles. The molecule has 2 heterocycles. The molecule has 8 nitrogen and oxygen atoms in total. The van der Waals surface area contributed by atoms with Crippen molar-refractivity contribution in [3.8, 4) is 0 Å². The van der Waals surface area contributed by atoms with Crippen LogP contribution in [-0.2, 0) is 9.73 Å². The molecular formula is C20H20ClF3N4O4S. The van der Waals surface area contributed by atoms with Crippen molar-refractivity contribution in [1.82, 2.24) is 4.98 Å². The van der Waals surface area contributed by atoms with Gasteiger partial charge in [0.15, 0.2) is 5.82 Å². The summed E-state index contributed by atoms with van der Waals surface area (Å²) in [4.78, 5) is 29.3. The third-order valence-corrected chi connectivity index (χ3v) is 6.88. The van der Waals surface area contributed by atoms with E-state index in [4.69, 9.17) is 16.7 Å². The van der Waals surface area contributed by atoms with Crippen LogP contribution in [0, 0.1) is 5.82 Å².